The van der Waals surface area contributed by atoms with Crippen LogP contribution >= 0.6 is 0 Å². The molecule has 1 aromatic carbocycles. The third-order valence-corrected chi connectivity index (χ3v) is 4.32. The molecule has 2 rings (SSSR count). The van der Waals surface area contributed by atoms with Crippen LogP contribution in [-0.4, -0.2) is 23.9 Å². The number of nitrogens with one attached hydrogen (secondary N) is 2. The highest BCUT2D eigenvalue weighted by Gasteiger charge is 2.15. The number of anilines is 1. The van der Waals surface area contributed by atoms with Crippen molar-refractivity contribution in [3.63, 3.8) is 0 Å². The van der Waals surface area contributed by atoms with Crippen molar-refractivity contribution < 1.29 is 8.42 Å². The van der Waals surface area contributed by atoms with Crippen molar-refractivity contribution in [3.8, 4) is 11.3 Å². The highest BCUT2D eigenvalue weighted by atomic mass is 32.2. The number of aromatic nitrogens is 2. The topological polar surface area (TPSA) is 74.8 Å². The first-order valence-corrected chi connectivity index (χ1v) is 7.15. The summed E-state index contributed by atoms with van der Waals surface area (Å²) < 4.78 is 26.1. The van der Waals surface area contributed by atoms with Gasteiger partial charge in [0, 0.05) is 17.4 Å². The predicted molar refractivity (Wildman–Crippen MR) is 71.7 cm³/mol. The molecule has 0 saturated carbocycles. The summed E-state index contributed by atoms with van der Waals surface area (Å²) in [5.41, 5.74) is 2.29. The molecule has 0 aliphatic rings. The van der Waals surface area contributed by atoms with Crippen LogP contribution in [-0.2, 0) is 10.0 Å². The zero-order valence-corrected chi connectivity index (χ0v) is 11.0. The zero-order valence-electron chi connectivity index (χ0n) is 10.2. The molecular formula is C12H15N3O2S. The summed E-state index contributed by atoms with van der Waals surface area (Å²) in [5, 5.41) is 6.24. The van der Waals surface area contributed by atoms with Crippen LogP contribution in [0.15, 0.2) is 36.5 Å². The smallest absolute Gasteiger partial charge is 0.235 e. The van der Waals surface area contributed by atoms with Crippen LogP contribution in [0.4, 0.5) is 5.69 Å². The molecule has 2 N–H and O–H groups in total. The van der Waals surface area contributed by atoms with Gasteiger partial charge < -0.3 is 0 Å². The van der Waals surface area contributed by atoms with Gasteiger partial charge in [-0.3, -0.25) is 9.82 Å². The number of nitrogens with zero attached hydrogens (tertiary/aromatic N) is 1. The van der Waals surface area contributed by atoms with Crippen molar-refractivity contribution in [3.05, 3.63) is 36.5 Å². The number of sulfonamides is 1. The van der Waals surface area contributed by atoms with Crippen LogP contribution in [0.25, 0.3) is 11.3 Å². The lowest BCUT2D eigenvalue weighted by Crippen LogP contribution is -2.22. The van der Waals surface area contributed by atoms with Crippen molar-refractivity contribution in [2.24, 2.45) is 0 Å². The second-order valence-corrected chi connectivity index (χ2v) is 6.48. The minimum absolute atomic E-state index is 0.465. The molecule has 0 spiro atoms. The third-order valence-electron chi connectivity index (χ3n) is 2.56. The quantitative estimate of drug-likeness (QED) is 0.890. The van der Waals surface area contributed by atoms with E-state index >= 15 is 0 Å². The lowest BCUT2D eigenvalue weighted by Gasteiger charge is -2.11. The first-order chi connectivity index (χ1) is 8.49. The molecule has 18 heavy (non-hydrogen) atoms. The van der Waals surface area contributed by atoms with Gasteiger partial charge in [0.15, 0.2) is 0 Å². The van der Waals surface area contributed by atoms with E-state index in [0.29, 0.717) is 5.69 Å². The zero-order chi connectivity index (χ0) is 13.2. The molecule has 0 unspecified atom stereocenters. The fourth-order valence-corrected chi connectivity index (χ4v) is 2.14. The molecule has 0 fully saturated rings. The van der Waals surface area contributed by atoms with Gasteiger partial charge in [0.1, 0.15) is 0 Å². The molecule has 5 nitrogen and oxygen atoms in total. The van der Waals surface area contributed by atoms with Crippen LogP contribution in [0.2, 0.25) is 0 Å². The van der Waals surface area contributed by atoms with Crippen molar-refractivity contribution in [1.29, 1.82) is 0 Å². The van der Waals surface area contributed by atoms with E-state index in [-0.39, 0.29) is 0 Å². The Morgan fingerprint density at radius 3 is 2.67 bits per heavy atom. The average Bonchev–Trinajstić information content (AvgIpc) is 2.82. The molecule has 0 aliphatic heterocycles. The van der Waals surface area contributed by atoms with Gasteiger partial charge in [-0.05, 0) is 32.0 Å². The Morgan fingerprint density at radius 2 is 2.06 bits per heavy atom. The van der Waals surface area contributed by atoms with E-state index in [4.69, 9.17) is 0 Å². The summed E-state index contributed by atoms with van der Waals surface area (Å²) in [4.78, 5) is 0. The standard InChI is InChI=1S/C12H15N3O2S/c1-9(2)18(16,17)15-11-5-3-4-10(8-11)12-6-7-13-14-12/h3-9,15H,1-2H3,(H,13,14). The number of benzene rings is 1. The Kier molecular flexibility index (Phi) is 3.38. The second-order valence-electron chi connectivity index (χ2n) is 4.25. The van der Waals surface area contributed by atoms with Gasteiger partial charge >= 0.3 is 0 Å². The maximum Gasteiger partial charge on any atom is 0.235 e. The fourth-order valence-electron chi connectivity index (χ4n) is 1.45. The summed E-state index contributed by atoms with van der Waals surface area (Å²) in [6.07, 6.45) is 1.65. The highest BCUT2D eigenvalue weighted by Crippen LogP contribution is 2.21. The minimum Gasteiger partial charge on any atom is -0.283 e. The lowest BCUT2D eigenvalue weighted by molar-refractivity contribution is 0.593. The van der Waals surface area contributed by atoms with Crippen molar-refractivity contribution >= 4 is 15.7 Å². The molecule has 0 bridgehead atoms. The Morgan fingerprint density at radius 1 is 1.28 bits per heavy atom. The number of aromatic amines is 1. The van der Waals surface area contributed by atoms with E-state index in [9.17, 15) is 8.42 Å². The minimum atomic E-state index is -3.31. The van der Waals surface area contributed by atoms with Gasteiger partial charge in [-0.1, -0.05) is 12.1 Å². The van der Waals surface area contributed by atoms with E-state index < -0.39 is 15.3 Å². The first-order valence-electron chi connectivity index (χ1n) is 5.60. The molecule has 1 aromatic heterocycles. The van der Waals surface area contributed by atoms with E-state index in [1.54, 1.807) is 38.2 Å². The molecule has 0 saturated heterocycles. The fraction of sp³-hybridized carbons (Fsp3) is 0.250. The molecule has 0 atom stereocenters. The van der Waals surface area contributed by atoms with Crippen LogP contribution in [0.1, 0.15) is 13.8 Å². The third kappa shape index (κ3) is 2.70. The Hall–Kier alpha value is -1.82. The van der Waals surface area contributed by atoms with Crippen LogP contribution < -0.4 is 4.72 Å². The molecule has 6 heteroatoms. The Labute approximate surface area is 106 Å². The molecule has 0 radical (unpaired) electrons. The van der Waals surface area contributed by atoms with Gasteiger partial charge in [-0.25, -0.2) is 8.42 Å². The van der Waals surface area contributed by atoms with Crippen LogP contribution in [0.3, 0.4) is 0 Å². The summed E-state index contributed by atoms with van der Waals surface area (Å²) in [5.74, 6) is 0. The van der Waals surface area contributed by atoms with E-state index in [0.717, 1.165) is 11.3 Å². The molecule has 96 valence electrons. The van der Waals surface area contributed by atoms with Crippen molar-refractivity contribution in [2.45, 2.75) is 19.1 Å². The predicted octanol–water partition coefficient (Wildman–Crippen LogP) is 2.23. The summed E-state index contributed by atoms with van der Waals surface area (Å²) in [6, 6.07) is 9.01. The lowest BCUT2D eigenvalue weighted by atomic mass is 10.1. The number of hydrogen-bond acceptors (Lipinski definition) is 3. The average molecular weight is 265 g/mol. The Balaban J connectivity index is 2.29. The maximum atomic E-state index is 11.8. The summed E-state index contributed by atoms with van der Waals surface area (Å²) in [6.45, 7) is 3.28. The molecule has 0 amide bonds. The second kappa shape index (κ2) is 4.81. The van der Waals surface area contributed by atoms with Gasteiger partial charge in [0.2, 0.25) is 10.0 Å². The van der Waals surface area contributed by atoms with E-state index in [2.05, 4.69) is 14.9 Å². The SMILES string of the molecule is CC(C)S(=O)(=O)Nc1cccc(-c2ccn[nH]2)c1. The maximum absolute atomic E-state index is 11.8. The normalized spacial score (nSPS) is 11.7. The summed E-state index contributed by atoms with van der Waals surface area (Å²) >= 11 is 0. The first kappa shape index (κ1) is 12.6. The van der Waals surface area contributed by atoms with Gasteiger partial charge in [0.05, 0.1) is 10.9 Å². The number of hydrogen-bond donors (Lipinski definition) is 2. The summed E-state index contributed by atoms with van der Waals surface area (Å²) in [7, 11) is -3.31. The molecular weight excluding hydrogens is 250 g/mol. The largest absolute Gasteiger partial charge is 0.283 e. The molecule has 1 heterocycles. The Bertz CT molecular complexity index is 619. The van der Waals surface area contributed by atoms with Gasteiger partial charge in [-0.15, -0.1) is 0 Å². The van der Waals surface area contributed by atoms with Crippen molar-refractivity contribution in [1.82, 2.24) is 10.2 Å². The molecule has 0 aliphatic carbocycles. The van der Waals surface area contributed by atoms with Crippen LogP contribution in [0, 0.1) is 0 Å². The van der Waals surface area contributed by atoms with Crippen molar-refractivity contribution in [2.75, 3.05) is 4.72 Å². The van der Waals surface area contributed by atoms with Crippen LogP contribution in [0.5, 0.6) is 0 Å². The monoisotopic (exact) mass is 265 g/mol. The highest BCUT2D eigenvalue weighted by molar-refractivity contribution is 7.93. The number of rotatable bonds is 4. The van der Waals surface area contributed by atoms with Gasteiger partial charge in [-0.2, -0.15) is 5.10 Å². The van der Waals surface area contributed by atoms with Gasteiger partial charge in [0.25, 0.3) is 0 Å². The van der Waals surface area contributed by atoms with E-state index in [1.165, 1.54) is 0 Å². The molecule has 2 aromatic rings. The van der Waals surface area contributed by atoms with E-state index in [1.807, 2.05) is 12.1 Å². The number of H-pyrrole nitrogens is 1.